The van der Waals surface area contributed by atoms with Crippen LogP contribution in [-0.2, 0) is 0 Å². The van der Waals surface area contributed by atoms with Crippen molar-refractivity contribution in [3.05, 3.63) is 0 Å². The summed E-state index contributed by atoms with van der Waals surface area (Å²) in [7, 11) is 5.67. The van der Waals surface area contributed by atoms with E-state index in [2.05, 4.69) is 4.99 Å². The van der Waals surface area contributed by atoms with Crippen LogP contribution in [0, 0.1) is 0 Å². The summed E-state index contributed by atoms with van der Waals surface area (Å²) in [5.74, 6) is 0. The molecule has 0 rings (SSSR count). The van der Waals surface area contributed by atoms with Crippen LogP contribution < -0.4 is 0 Å². The Bertz CT molecular complexity index is 88.3. The van der Waals surface area contributed by atoms with E-state index < -0.39 is 0 Å². The molecule has 0 saturated carbocycles. The lowest BCUT2D eigenvalue weighted by Crippen LogP contribution is -1.98. The SMILES string of the molecule is CN=CC=[N+](C)C. The summed E-state index contributed by atoms with van der Waals surface area (Å²) in [5, 5.41) is 0. The smallest absolute Gasteiger partial charge is 0.180 e. The lowest BCUT2D eigenvalue weighted by Gasteiger charge is -1.74. The van der Waals surface area contributed by atoms with Crippen molar-refractivity contribution in [1.82, 2.24) is 0 Å². The number of hydrogen-bond donors (Lipinski definition) is 0. The van der Waals surface area contributed by atoms with Crippen molar-refractivity contribution in [2.45, 2.75) is 0 Å². The van der Waals surface area contributed by atoms with Crippen LogP contribution in [0.25, 0.3) is 0 Å². The highest BCUT2D eigenvalue weighted by Gasteiger charge is 1.71. The second-order valence-electron chi connectivity index (χ2n) is 1.52. The van der Waals surface area contributed by atoms with Crippen LogP contribution in [-0.4, -0.2) is 38.1 Å². The summed E-state index contributed by atoms with van der Waals surface area (Å²) in [6.07, 6.45) is 3.64. The van der Waals surface area contributed by atoms with Gasteiger partial charge in [0.05, 0.1) is 6.21 Å². The molecule has 0 aliphatic heterocycles. The van der Waals surface area contributed by atoms with Crippen molar-refractivity contribution in [2.24, 2.45) is 4.99 Å². The van der Waals surface area contributed by atoms with Gasteiger partial charge in [-0.1, -0.05) is 0 Å². The fourth-order valence-corrected chi connectivity index (χ4v) is 0.200. The molecule has 0 saturated heterocycles. The van der Waals surface area contributed by atoms with Crippen LogP contribution in [0.5, 0.6) is 0 Å². The molecule has 0 radical (unpaired) electrons. The second-order valence-corrected chi connectivity index (χ2v) is 1.52. The van der Waals surface area contributed by atoms with Crippen molar-refractivity contribution in [1.29, 1.82) is 0 Å². The minimum atomic E-state index is 1.75. The molecule has 40 valence electrons. The van der Waals surface area contributed by atoms with Crippen LogP contribution in [0.1, 0.15) is 0 Å². The maximum atomic E-state index is 3.75. The zero-order valence-electron chi connectivity index (χ0n) is 5.05. The number of aliphatic imine (C=N–C) groups is 1. The standard InChI is InChI=1S/C5H11N2/c1-6-4-5-7(2)3/h4-5H,1-3H3/q+1. The van der Waals surface area contributed by atoms with Crippen molar-refractivity contribution in [3.63, 3.8) is 0 Å². The van der Waals surface area contributed by atoms with Gasteiger partial charge in [0.1, 0.15) is 14.1 Å². The van der Waals surface area contributed by atoms with Gasteiger partial charge in [0.15, 0.2) is 6.21 Å². The molecular weight excluding hydrogens is 88.1 g/mol. The highest BCUT2D eigenvalue weighted by molar-refractivity contribution is 6.13. The third-order valence-electron chi connectivity index (χ3n) is 0.514. The van der Waals surface area contributed by atoms with Gasteiger partial charge in [0.25, 0.3) is 0 Å². The molecule has 0 N–H and O–H groups in total. The Morgan fingerprint density at radius 2 is 2.00 bits per heavy atom. The monoisotopic (exact) mass is 99.1 g/mol. The first-order valence-electron chi connectivity index (χ1n) is 2.19. The lowest BCUT2D eigenvalue weighted by molar-refractivity contribution is -0.457. The van der Waals surface area contributed by atoms with Crippen LogP contribution >= 0.6 is 0 Å². The van der Waals surface area contributed by atoms with E-state index >= 15 is 0 Å². The summed E-state index contributed by atoms with van der Waals surface area (Å²) in [4.78, 5) is 3.75. The Labute approximate surface area is 44.2 Å². The minimum absolute atomic E-state index is 1.75. The maximum Gasteiger partial charge on any atom is 0.180 e. The van der Waals surface area contributed by atoms with E-state index in [1.807, 2.05) is 24.9 Å². The molecule has 0 aliphatic rings. The normalized spacial score (nSPS) is 9.57. The molecule has 0 spiro atoms. The van der Waals surface area contributed by atoms with Gasteiger partial charge in [0.2, 0.25) is 0 Å². The quantitative estimate of drug-likeness (QED) is 0.325. The van der Waals surface area contributed by atoms with Crippen LogP contribution in [0.15, 0.2) is 4.99 Å². The molecule has 0 unspecified atom stereocenters. The Balaban J connectivity index is 3.46. The number of rotatable bonds is 1. The second kappa shape index (κ2) is 3.53. The van der Waals surface area contributed by atoms with Crippen LogP contribution in [0.4, 0.5) is 0 Å². The van der Waals surface area contributed by atoms with E-state index in [4.69, 9.17) is 0 Å². The molecule has 0 aromatic rings. The summed E-state index contributed by atoms with van der Waals surface area (Å²) in [5.41, 5.74) is 0. The third kappa shape index (κ3) is 5.34. The summed E-state index contributed by atoms with van der Waals surface area (Å²) >= 11 is 0. The number of hydrogen-bond acceptors (Lipinski definition) is 1. The third-order valence-corrected chi connectivity index (χ3v) is 0.514. The van der Waals surface area contributed by atoms with Crippen molar-refractivity contribution < 1.29 is 4.58 Å². The molecule has 2 nitrogen and oxygen atoms in total. The van der Waals surface area contributed by atoms with Crippen molar-refractivity contribution in [3.8, 4) is 0 Å². The largest absolute Gasteiger partial charge is 0.290 e. The van der Waals surface area contributed by atoms with E-state index in [1.165, 1.54) is 0 Å². The summed E-state index contributed by atoms with van der Waals surface area (Å²) in [6, 6.07) is 0. The molecule has 2 heteroatoms. The molecule has 0 fully saturated rings. The molecule has 7 heavy (non-hydrogen) atoms. The van der Waals surface area contributed by atoms with Gasteiger partial charge in [-0.25, -0.2) is 4.58 Å². The zero-order valence-corrected chi connectivity index (χ0v) is 5.05. The molecule has 0 bridgehead atoms. The molecule has 0 heterocycles. The topological polar surface area (TPSA) is 15.4 Å². The molecular formula is C5H11N2+. The van der Waals surface area contributed by atoms with E-state index in [1.54, 1.807) is 13.3 Å². The highest BCUT2D eigenvalue weighted by Crippen LogP contribution is 1.48. The first-order valence-corrected chi connectivity index (χ1v) is 2.19. The predicted molar refractivity (Wildman–Crippen MR) is 32.6 cm³/mol. The van der Waals surface area contributed by atoms with Gasteiger partial charge >= 0.3 is 0 Å². The van der Waals surface area contributed by atoms with Gasteiger partial charge in [-0.3, -0.25) is 4.99 Å². The van der Waals surface area contributed by atoms with Crippen molar-refractivity contribution in [2.75, 3.05) is 21.1 Å². The minimum Gasteiger partial charge on any atom is -0.290 e. The number of nitrogens with zero attached hydrogens (tertiary/aromatic N) is 2. The van der Waals surface area contributed by atoms with E-state index in [9.17, 15) is 0 Å². The molecule has 0 aromatic carbocycles. The average Bonchev–Trinajstić information content (AvgIpc) is 1.61. The Hall–Kier alpha value is -0.660. The first kappa shape index (κ1) is 6.34. The lowest BCUT2D eigenvalue weighted by atomic mass is 10.8. The fraction of sp³-hybridized carbons (Fsp3) is 0.600. The van der Waals surface area contributed by atoms with Crippen LogP contribution in [0.2, 0.25) is 0 Å². The molecule has 0 amide bonds. The zero-order chi connectivity index (χ0) is 5.70. The molecule has 0 aromatic heterocycles. The Kier molecular flexibility index (Phi) is 3.19. The Morgan fingerprint density at radius 3 is 2.14 bits per heavy atom. The van der Waals surface area contributed by atoms with Gasteiger partial charge in [0, 0.05) is 7.05 Å². The first-order chi connectivity index (χ1) is 3.27. The van der Waals surface area contributed by atoms with Crippen molar-refractivity contribution >= 4 is 12.4 Å². The van der Waals surface area contributed by atoms with Crippen LogP contribution in [0.3, 0.4) is 0 Å². The predicted octanol–water partition coefficient (Wildman–Crippen LogP) is 0.0299. The molecule has 0 aliphatic carbocycles. The van der Waals surface area contributed by atoms with E-state index in [-0.39, 0.29) is 0 Å². The van der Waals surface area contributed by atoms with E-state index in [0.717, 1.165) is 0 Å². The highest BCUT2D eigenvalue weighted by atomic mass is 14.9. The van der Waals surface area contributed by atoms with Gasteiger partial charge < -0.3 is 0 Å². The summed E-state index contributed by atoms with van der Waals surface area (Å²) in [6.45, 7) is 0. The van der Waals surface area contributed by atoms with E-state index in [0.29, 0.717) is 0 Å². The van der Waals surface area contributed by atoms with Gasteiger partial charge in [-0.05, 0) is 0 Å². The maximum absolute atomic E-state index is 3.75. The van der Waals surface area contributed by atoms with Gasteiger partial charge in [-0.2, -0.15) is 0 Å². The fourth-order valence-electron chi connectivity index (χ4n) is 0.200. The molecule has 0 atom stereocenters. The Morgan fingerprint density at radius 1 is 1.43 bits per heavy atom. The average molecular weight is 99.2 g/mol. The summed E-state index contributed by atoms with van der Waals surface area (Å²) < 4.78 is 1.94. The van der Waals surface area contributed by atoms with Gasteiger partial charge in [-0.15, -0.1) is 0 Å².